The highest BCUT2D eigenvalue weighted by molar-refractivity contribution is 5.90. The topological polar surface area (TPSA) is 75.5 Å². The summed E-state index contributed by atoms with van der Waals surface area (Å²) in [5.74, 6) is 0.537. The number of nitro benzene ring substituents is 1. The molecule has 1 aliphatic carbocycles. The van der Waals surface area contributed by atoms with Gasteiger partial charge in [-0.1, -0.05) is 19.9 Å². The predicted molar refractivity (Wildman–Crippen MR) is 86.0 cm³/mol. The molecule has 1 N–H and O–H groups in total. The number of nitrogens with one attached hydrogen (secondary N) is 1. The first-order valence-electron chi connectivity index (χ1n) is 7.71. The zero-order valence-electron chi connectivity index (χ0n) is 13.3. The number of benzene rings is 1. The molecule has 2 rings (SSSR count). The normalized spacial score (nSPS) is 14.0. The van der Waals surface area contributed by atoms with E-state index in [1.165, 1.54) is 6.07 Å². The van der Waals surface area contributed by atoms with Gasteiger partial charge >= 0.3 is 6.03 Å². The first-order valence-corrected chi connectivity index (χ1v) is 7.71. The molecule has 6 nitrogen and oxygen atoms in total. The van der Waals surface area contributed by atoms with E-state index in [0.717, 1.165) is 25.8 Å². The van der Waals surface area contributed by atoms with E-state index in [-0.39, 0.29) is 11.7 Å². The number of anilines is 1. The third-order valence-electron chi connectivity index (χ3n) is 3.85. The zero-order chi connectivity index (χ0) is 16.3. The smallest absolute Gasteiger partial charge is 0.322 e. The zero-order valence-corrected chi connectivity index (χ0v) is 13.3. The van der Waals surface area contributed by atoms with Crippen LogP contribution >= 0.6 is 0 Å². The maximum Gasteiger partial charge on any atom is 0.322 e. The van der Waals surface area contributed by atoms with Crippen LogP contribution in [0.1, 0.15) is 38.7 Å². The summed E-state index contributed by atoms with van der Waals surface area (Å²) in [7, 11) is 0. The van der Waals surface area contributed by atoms with E-state index in [1.54, 1.807) is 19.1 Å². The summed E-state index contributed by atoms with van der Waals surface area (Å²) in [6, 6.07) is 4.93. The predicted octanol–water partition coefficient (Wildman–Crippen LogP) is 3.95. The minimum absolute atomic E-state index is 0.0259. The Bertz CT molecular complexity index is 568. The van der Waals surface area contributed by atoms with E-state index < -0.39 is 4.92 Å². The standard InChI is InChI=1S/C16H23N3O3/c1-11(2)8-9-18(14-6-7-14)16(20)17-13-5-4-12(3)15(10-13)19(21)22/h4-5,10-11,14H,6-9H2,1-3H3,(H,17,20). The first kappa shape index (κ1) is 16.3. The van der Waals surface area contributed by atoms with Crippen LogP contribution in [-0.4, -0.2) is 28.4 Å². The van der Waals surface area contributed by atoms with Crippen LogP contribution in [0, 0.1) is 23.0 Å². The molecule has 0 radical (unpaired) electrons. The molecular formula is C16H23N3O3. The number of rotatable bonds is 6. The summed E-state index contributed by atoms with van der Waals surface area (Å²) in [4.78, 5) is 24.8. The molecule has 6 heteroatoms. The van der Waals surface area contributed by atoms with Gasteiger partial charge in [0.25, 0.3) is 5.69 Å². The molecule has 2 amide bonds. The second-order valence-electron chi connectivity index (χ2n) is 6.30. The number of urea groups is 1. The number of nitrogens with zero attached hydrogens (tertiary/aromatic N) is 2. The summed E-state index contributed by atoms with van der Waals surface area (Å²) in [6.07, 6.45) is 3.04. The van der Waals surface area contributed by atoms with Crippen LogP contribution in [-0.2, 0) is 0 Å². The van der Waals surface area contributed by atoms with Gasteiger partial charge in [-0.3, -0.25) is 10.1 Å². The number of aryl methyl sites for hydroxylation is 1. The summed E-state index contributed by atoms with van der Waals surface area (Å²) < 4.78 is 0. The lowest BCUT2D eigenvalue weighted by molar-refractivity contribution is -0.385. The number of carbonyl (C=O) groups excluding carboxylic acids is 1. The van der Waals surface area contributed by atoms with Crippen molar-refractivity contribution in [1.82, 2.24) is 4.90 Å². The first-order chi connectivity index (χ1) is 10.4. The van der Waals surface area contributed by atoms with Gasteiger partial charge in [0.15, 0.2) is 0 Å². The Hall–Kier alpha value is -2.11. The lowest BCUT2D eigenvalue weighted by Gasteiger charge is -2.23. The molecule has 1 saturated carbocycles. The minimum Gasteiger partial charge on any atom is -0.322 e. The van der Waals surface area contributed by atoms with E-state index in [0.29, 0.717) is 23.2 Å². The Kier molecular flexibility index (Phi) is 5.00. The lowest BCUT2D eigenvalue weighted by atomic mass is 10.1. The number of hydrogen-bond donors (Lipinski definition) is 1. The van der Waals surface area contributed by atoms with Gasteiger partial charge in [0.1, 0.15) is 0 Å². The molecule has 0 atom stereocenters. The molecule has 0 saturated heterocycles. The van der Waals surface area contributed by atoms with Crippen molar-refractivity contribution >= 4 is 17.4 Å². The second-order valence-corrected chi connectivity index (χ2v) is 6.30. The van der Waals surface area contributed by atoms with Crippen LogP contribution in [0.5, 0.6) is 0 Å². The molecule has 0 spiro atoms. The van der Waals surface area contributed by atoms with E-state index in [1.807, 2.05) is 4.90 Å². The van der Waals surface area contributed by atoms with Crippen LogP contribution in [0.15, 0.2) is 18.2 Å². The fourth-order valence-corrected chi connectivity index (χ4v) is 2.31. The second kappa shape index (κ2) is 6.77. The van der Waals surface area contributed by atoms with Crippen molar-refractivity contribution < 1.29 is 9.72 Å². The van der Waals surface area contributed by atoms with Gasteiger partial charge in [0.2, 0.25) is 0 Å². The van der Waals surface area contributed by atoms with Gasteiger partial charge in [0, 0.05) is 29.9 Å². The molecule has 0 heterocycles. The molecule has 1 aromatic carbocycles. The fourth-order valence-electron chi connectivity index (χ4n) is 2.31. The van der Waals surface area contributed by atoms with Crippen molar-refractivity contribution in [3.05, 3.63) is 33.9 Å². The summed E-state index contributed by atoms with van der Waals surface area (Å²) >= 11 is 0. The number of nitro groups is 1. The molecule has 1 aliphatic rings. The van der Waals surface area contributed by atoms with Crippen molar-refractivity contribution in [1.29, 1.82) is 0 Å². The van der Waals surface area contributed by atoms with E-state index in [4.69, 9.17) is 0 Å². The molecule has 0 aliphatic heterocycles. The SMILES string of the molecule is Cc1ccc(NC(=O)N(CCC(C)C)C2CC2)cc1[N+](=O)[O-]. The van der Waals surface area contributed by atoms with Gasteiger partial charge in [-0.15, -0.1) is 0 Å². The van der Waals surface area contributed by atoms with Gasteiger partial charge in [-0.2, -0.15) is 0 Å². The molecular weight excluding hydrogens is 282 g/mol. The average Bonchev–Trinajstić information content (AvgIpc) is 3.25. The quantitative estimate of drug-likeness (QED) is 0.638. The molecule has 0 aromatic heterocycles. The van der Waals surface area contributed by atoms with Crippen molar-refractivity contribution in [3.8, 4) is 0 Å². The largest absolute Gasteiger partial charge is 0.322 e. The highest BCUT2D eigenvalue weighted by atomic mass is 16.6. The Morgan fingerprint density at radius 1 is 1.45 bits per heavy atom. The van der Waals surface area contributed by atoms with E-state index in [2.05, 4.69) is 19.2 Å². The maximum atomic E-state index is 12.4. The average molecular weight is 305 g/mol. The van der Waals surface area contributed by atoms with Crippen LogP contribution in [0.2, 0.25) is 0 Å². The summed E-state index contributed by atoms with van der Waals surface area (Å²) in [6.45, 7) is 6.67. The molecule has 1 aromatic rings. The Labute approximate surface area is 130 Å². The highest BCUT2D eigenvalue weighted by Crippen LogP contribution is 2.29. The van der Waals surface area contributed by atoms with Gasteiger partial charge in [-0.25, -0.2) is 4.79 Å². The van der Waals surface area contributed by atoms with E-state index in [9.17, 15) is 14.9 Å². The Balaban J connectivity index is 2.06. The van der Waals surface area contributed by atoms with Crippen LogP contribution in [0.25, 0.3) is 0 Å². The Morgan fingerprint density at radius 2 is 2.14 bits per heavy atom. The number of carbonyl (C=O) groups is 1. The molecule has 0 unspecified atom stereocenters. The summed E-state index contributed by atoms with van der Waals surface area (Å²) in [5, 5.41) is 13.8. The molecule has 1 fully saturated rings. The minimum atomic E-state index is -0.428. The number of hydrogen-bond acceptors (Lipinski definition) is 3. The summed E-state index contributed by atoms with van der Waals surface area (Å²) in [5.41, 5.74) is 1.08. The van der Waals surface area contributed by atoms with Gasteiger partial charge in [0.05, 0.1) is 4.92 Å². The van der Waals surface area contributed by atoms with Gasteiger partial charge in [-0.05, 0) is 38.2 Å². The van der Waals surface area contributed by atoms with Crippen LogP contribution in [0.4, 0.5) is 16.2 Å². The van der Waals surface area contributed by atoms with Crippen molar-refractivity contribution in [2.75, 3.05) is 11.9 Å². The monoisotopic (exact) mass is 305 g/mol. The van der Waals surface area contributed by atoms with Crippen LogP contribution < -0.4 is 5.32 Å². The van der Waals surface area contributed by atoms with Crippen molar-refractivity contribution in [2.45, 2.75) is 46.1 Å². The molecule has 22 heavy (non-hydrogen) atoms. The van der Waals surface area contributed by atoms with Crippen molar-refractivity contribution in [2.24, 2.45) is 5.92 Å². The van der Waals surface area contributed by atoms with E-state index >= 15 is 0 Å². The lowest BCUT2D eigenvalue weighted by Crippen LogP contribution is -2.38. The highest BCUT2D eigenvalue weighted by Gasteiger charge is 2.32. The van der Waals surface area contributed by atoms with Crippen molar-refractivity contribution in [3.63, 3.8) is 0 Å². The fraction of sp³-hybridized carbons (Fsp3) is 0.562. The maximum absolute atomic E-state index is 12.4. The number of amides is 2. The van der Waals surface area contributed by atoms with Crippen LogP contribution in [0.3, 0.4) is 0 Å². The third kappa shape index (κ3) is 4.19. The third-order valence-corrected chi connectivity index (χ3v) is 3.85. The Morgan fingerprint density at radius 3 is 2.68 bits per heavy atom. The molecule has 0 bridgehead atoms. The molecule has 120 valence electrons. The van der Waals surface area contributed by atoms with Gasteiger partial charge < -0.3 is 10.2 Å².